The molecular formula is C32H28N4O. The number of Topliss-reactive ketones (excluding diaryl/α,β-unsaturated/α-hetero) is 1. The number of benzene rings is 4. The normalized spacial score (nSPS) is 14.1. The van der Waals surface area contributed by atoms with Crippen LogP contribution >= 0.6 is 0 Å². The molecule has 0 spiro atoms. The molecule has 1 aromatic heterocycles. The van der Waals surface area contributed by atoms with E-state index in [9.17, 15) is 4.79 Å². The first-order valence-corrected chi connectivity index (χ1v) is 12.7. The molecule has 0 N–H and O–H groups in total. The van der Waals surface area contributed by atoms with Crippen LogP contribution < -0.4 is 4.90 Å². The Hall–Kier alpha value is -4.35. The molecule has 1 aliphatic heterocycles. The molecule has 4 aromatic carbocycles. The van der Waals surface area contributed by atoms with E-state index in [-0.39, 0.29) is 5.78 Å². The number of rotatable bonds is 6. The Morgan fingerprint density at radius 1 is 0.595 bits per heavy atom. The molecule has 1 saturated heterocycles. The van der Waals surface area contributed by atoms with Gasteiger partial charge in [-0.25, -0.2) is 9.97 Å². The number of fused-ring (bicyclic) bond motifs is 1. The number of carbonyl (C=O) groups is 1. The molecule has 0 amide bonds. The number of hydrogen-bond acceptors (Lipinski definition) is 5. The summed E-state index contributed by atoms with van der Waals surface area (Å²) in [4.78, 5) is 27.6. The number of ketones is 1. The van der Waals surface area contributed by atoms with E-state index in [1.54, 1.807) is 0 Å². The highest BCUT2D eigenvalue weighted by Gasteiger charge is 2.24. The van der Waals surface area contributed by atoms with Crippen LogP contribution in [0, 0.1) is 0 Å². The van der Waals surface area contributed by atoms with E-state index in [1.807, 2.05) is 84.9 Å². The highest BCUT2D eigenvalue weighted by atomic mass is 16.1. The van der Waals surface area contributed by atoms with E-state index in [0.717, 1.165) is 71.0 Å². The molecule has 1 aliphatic rings. The minimum Gasteiger partial charge on any atom is -0.352 e. The van der Waals surface area contributed by atoms with Crippen LogP contribution in [0.25, 0.3) is 33.4 Å². The molecule has 0 saturated carbocycles. The van der Waals surface area contributed by atoms with Gasteiger partial charge in [0.1, 0.15) is 5.69 Å². The molecule has 2 heterocycles. The largest absolute Gasteiger partial charge is 0.352 e. The molecule has 0 aliphatic carbocycles. The minimum atomic E-state index is 0.156. The highest BCUT2D eigenvalue weighted by Crippen LogP contribution is 2.30. The summed E-state index contributed by atoms with van der Waals surface area (Å²) in [7, 11) is 0. The molecule has 0 bridgehead atoms. The Balaban J connectivity index is 1.15. The highest BCUT2D eigenvalue weighted by molar-refractivity contribution is 5.98. The van der Waals surface area contributed by atoms with Crippen molar-refractivity contribution in [2.75, 3.05) is 37.6 Å². The van der Waals surface area contributed by atoms with Gasteiger partial charge in [0.15, 0.2) is 11.6 Å². The Morgan fingerprint density at radius 3 is 1.78 bits per heavy atom. The fourth-order valence-corrected chi connectivity index (χ4v) is 4.89. The van der Waals surface area contributed by atoms with Crippen LogP contribution in [0.1, 0.15) is 10.4 Å². The molecule has 182 valence electrons. The summed E-state index contributed by atoms with van der Waals surface area (Å²) < 4.78 is 0. The van der Waals surface area contributed by atoms with Crippen molar-refractivity contribution >= 4 is 22.6 Å². The molecule has 5 nitrogen and oxygen atoms in total. The topological polar surface area (TPSA) is 49.3 Å². The van der Waals surface area contributed by atoms with Gasteiger partial charge in [0.25, 0.3) is 0 Å². The Morgan fingerprint density at radius 2 is 1.14 bits per heavy atom. The average molecular weight is 485 g/mol. The number of para-hydroxylation sites is 2. The Kier molecular flexibility index (Phi) is 6.44. The van der Waals surface area contributed by atoms with E-state index >= 15 is 0 Å². The summed E-state index contributed by atoms with van der Waals surface area (Å²) >= 11 is 0. The summed E-state index contributed by atoms with van der Waals surface area (Å²) in [6.45, 7) is 3.63. The fourth-order valence-electron chi connectivity index (χ4n) is 4.89. The zero-order valence-corrected chi connectivity index (χ0v) is 20.6. The summed E-state index contributed by atoms with van der Waals surface area (Å²) in [5.74, 6) is 1.07. The fraction of sp³-hybridized carbons (Fsp3) is 0.156. The maximum absolute atomic E-state index is 13.0. The monoisotopic (exact) mass is 484 g/mol. The van der Waals surface area contributed by atoms with E-state index in [4.69, 9.17) is 9.97 Å². The number of anilines is 1. The van der Waals surface area contributed by atoms with Crippen molar-refractivity contribution < 1.29 is 4.79 Å². The van der Waals surface area contributed by atoms with Crippen molar-refractivity contribution in [3.05, 3.63) is 115 Å². The Bertz CT molecular complexity index is 1510. The van der Waals surface area contributed by atoms with Gasteiger partial charge in [-0.3, -0.25) is 9.69 Å². The SMILES string of the molecule is O=C(CN1CCN(c2nc3ccccc3nc2-c2ccccc2)CC1)c1ccc(-c2ccccc2)cc1. The van der Waals surface area contributed by atoms with Crippen molar-refractivity contribution in [2.45, 2.75) is 0 Å². The van der Waals surface area contributed by atoms with Gasteiger partial charge in [0.05, 0.1) is 17.6 Å². The third kappa shape index (κ3) is 4.99. The van der Waals surface area contributed by atoms with Crippen LogP contribution in [0.3, 0.4) is 0 Å². The zero-order chi connectivity index (χ0) is 25.0. The van der Waals surface area contributed by atoms with Gasteiger partial charge in [0, 0.05) is 37.3 Å². The maximum Gasteiger partial charge on any atom is 0.176 e. The molecule has 37 heavy (non-hydrogen) atoms. The van der Waals surface area contributed by atoms with E-state index < -0.39 is 0 Å². The molecule has 0 unspecified atom stereocenters. The Labute approximate surface area is 217 Å². The summed E-state index contributed by atoms with van der Waals surface area (Å²) in [6, 6.07) is 36.4. The first-order valence-electron chi connectivity index (χ1n) is 12.7. The van der Waals surface area contributed by atoms with Gasteiger partial charge in [-0.2, -0.15) is 0 Å². The summed E-state index contributed by atoms with van der Waals surface area (Å²) in [5.41, 5.74) is 6.80. The van der Waals surface area contributed by atoms with Crippen LogP contribution in [-0.4, -0.2) is 53.4 Å². The molecule has 5 heteroatoms. The molecule has 1 fully saturated rings. The standard InChI is InChI=1S/C32H28N4O/c37-30(26-17-15-25(16-18-26)24-9-3-1-4-10-24)23-35-19-21-36(22-20-35)32-31(27-11-5-2-6-12-27)33-28-13-7-8-14-29(28)34-32/h1-18H,19-23H2. The molecule has 5 aromatic rings. The smallest absolute Gasteiger partial charge is 0.176 e. The second-order valence-corrected chi connectivity index (χ2v) is 9.38. The van der Waals surface area contributed by atoms with Gasteiger partial charge in [0.2, 0.25) is 0 Å². The predicted molar refractivity (Wildman–Crippen MR) is 150 cm³/mol. The minimum absolute atomic E-state index is 0.156. The van der Waals surface area contributed by atoms with Gasteiger partial charge in [-0.05, 0) is 23.3 Å². The van der Waals surface area contributed by atoms with Gasteiger partial charge in [-0.15, -0.1) is 0 Å². The first kappa shape index (κ1) is 23.1. The molecule has 6 rings (SSSR count). The summed E-state index contributed by atoms with van der Waals surface area (Å²) in [6.07, 6.45) is 0. The number of nitrogens with zero attached hydrogens (tertiary/aromatic N) is 4. The third-order valence-electron chi connectivity index (χ3n) is 6.95. The zero-order valence-electron chi connectivity index (χ0n) is 20.6. The lowest BCUT2D eigenvalue weighted by Gasteiger charge is -2.35. The van der Waals surface area contributed by atoms with Gasteiger partial charge < -0.3 is 4.90 Å². The lowest BCUT2D eigenvalue weighted by Crippen LogP contribution is -2.48. The van der Waals surface area contributed by atoms with Crippen LogP contribution in [0.5, 0.6) is 0 Å². The van der Waals surface area contributed by atoms with Crippen LogP contribution in [0.4, 0.5) is 5.82 Å². The van der Waals surface area contributed by atoms with Crippen molar-refractivity contribution in [3.63, 3.8) is 0 Å². The maximum atomic E-state index is 13.0. The number of aromatic nitrogens is 2. The second kappa shape index (κ2) is 10.3. The number of piperazine rings is 1. The van der Waals surface area contributed by atoms with E-state index in [2.05, 4.69) is 34.1 Å². The van der Waals surface area contributed by atoms with Gasteiger partial charge in [-0.1, -0.05) is 97.1 Å². The lowest BCUT2D eigenvalue weighted by atomic mass is 10.0. The second-order valence-electron chi connectivity index (χ2n) is 9.38. The van der Waals surface area contributed by atoms with Crippen molar-refractivity contribution in [3.8, 4) is 22.4 Å². The summed E-state index contributed by atoms with van der Waals surface area (Å²) in [5, 5.41) is 0. The van der Waals surface area contributed by atoms with Crippen LogP contribution in [-0.2, 0) is 0 Å². The lowest BCUT2D eigenvalue weighted by molar-refractivity contribution is 0.0926. The number of carbonyl (C=O) groups excluding carboxylic acids is 1. The molecule has 0 radical (unpaired) electrons. The first-order chi connectivity index (χ1) is 18.2. The van der Waals surface area contributed by atoms with E-state index in [1.165, 1.54) is 0 Å². The van der Waals surface area contributed by atoms with Crippen molar-refractivity contribution in [2.24, 2.45) is 0 Å². The van der Waals surface area contributed by atoms with E-state index in [0.29, 0.717) is 6.54 Å². The van der Waals surface area contributed by atoms with Crippen molar-refractivity contribution in [1.82, 2.24) is 14.9 Å². The quantitative estimate of drug-likeness (QED) is 0.278. The average Bonchev–Trinajstić information content (AvgIpc) is 2.98. The predicted octanol–water partition coefficient (Wildman–Crippen LogP) is 5.97. The number of hydrogen-bond donors (Lipinski definition) is 0. The molecular weight excluding hydrogens is 456 g/mol. The molecule has 0 atom stereocenters. The van der Waals surface area contributed by atoms with Crippen LogP contribution in [0.15, 0.2) is 109 Å². The van der Waals surface area contributed by atoms with Crippen LogP contribution in [0.2, 0.25) is 0 Å². The van der Waals surface area contributed by atoms with Crippen molar-refractivity contribution in [1.29, 1.82) is 0 Å². The van der Waals surface area contributed by atoms with Gasteiger partial charge >= 0.3 is 0 Å². The third-order valence-corrected chi connectivity index (χ3v) is 6.95.